The van der Waals surface area contributed by atoms with E-state index in [1.807, 2.05) is 13.0 Å². The normalized spacial score (nSPS) is 17.1. The van der Waals surface area contributed by atoms with Gasteiger partial charge in [0.2, 0.25) is 0 Å². The molecule has 1 unspecified atom stereocenters. The number of amides is 1. The van der Waals surface area contributed by atoms with Crippen LogP contribution in [0.15, 0.2) is 29.5 Å². The van der Waals surface area contributed by atoms with Gasteiger partial charge >= 0.3 is 0 Å². The highest BCUT2D eigenvalue weighted by Crippen LogP contribution is 2.12. The van der Waals surface area contributed by atoms with Gasteiger partial charge in [-0.25, -0.2) is 0 Å². The lowest BCUT2D eigenvalue weighted by molar-refractivity contribution is 0.0947. The Morgan fingerprint density at radius 3 is 2.88 bits per heavy atom. The standard InChI is InChI=1S/C19H25N5O2/c1-13-5-7-24(12-15-4-3-6-20-9-15)19(26)17(13)18(25)23-11-16-10-21-14(2)8-22-16/h5,7-8,10,15,20H,3-4,6,9,11-12H2,1-2H3,(H,23,25). The molecule has 1 saturated heterocycles. The number of carbonyl (C=O) groups excluding carboxylic acids is 1. The van der Waals surface area contributed by atoms with E-state index in [1.54, 1.807) is 30.1 Å². The van der Waals surface area contributed by atoms with Crippen LogP contribution in [0.3, 0.4) is 0 Å². The SMILES string of the molecule is Cc1cnc(CNC(=O)c2c(C)ccn(CC3CCCNC3)c2=O)cn1. The number of piperidine rings is 1. The van der Waals surface area contributed by atoms with Crippen molar-refractivity contribution in [2.75, 3.05) is 13.1 Å². The topological polar surface area (TPSA) is 88.9 Å². The van der Waals surface area contributed by atoms with Gasteiger partial charge in [0.25, 0.3) is 11.5 Å². The number of nitrogens with zero attached hydrogens (tertiary/aromatic N) is 3. The highest BCUT2D eigenvalue weighted by Gasteiger charge is 2.19. The predicted octanol–water partition coefficient (Wildman–Crippen LogP) is 1.18. The molecule has 0 spiro atoms. The first-order valence-corrected chi connectivity index (χ1v) is 9.01. The summed E-state index contributed by atoms with van der Waals surface area (Å²) in [5.41, 5.74) is 2.13. The van der Waals surface area contributed by atoms with Gasteiger partial charge in [0.1, 0.15) is 5.56 Å². The van der Waals surface area contributed by atoms with E-state index in [0.717, 1.165) is 31.6 Å². The van der Waals surface area contributed by atoms with Crippen molar-refractivity contribution in [2.24, 2.45) is 5.92 Å². The van der Waals surface area contributed by atoms with E-state index in [2.05, 4.69) is 20.6 Å². The van der Waals surface area contributed by atoms with Crippen molar-refractivity contribution in [1.29, 1.82) is 0 Å². The van der Waals surface area contributed by atoms with Crippen molar-refractivity contribution in [3.8, 4) is 0 Å². The van der Waals surface area contributed by atoms with E-state index in [1.165, 1.54) is 0 Å². The van der Waals surface area contributed by atoms with Crippen LogP contribution in [0.4, 0.5) is 0 Å². The molecule has 0 aliphatic carbocycles. The number of pyridine rings is 1. The first-order valence-electron chi connectivity index (χ1n) is 9.01. The van der Waals surface area contributed by atoms with Gasteiger partial charge in [-0.05, 0) is 57.3 Å². The molecule has 1 aliphatic rings. The van der Waals surface area contributed by atoms with Crippen molar-refractivity contribution in [1.82, 2.24) is 25.2 Å². The number of aryl methyl sites for hydroxylation is 2. The molecule has 2 aromatic heterocycles. The molecule has 2 N–H and O–H groups in total. The van der Waals surface area contributed by atoms with E-state index in [0.29, 0.717) is 23.7 Å². The molecule has 0 bridgehead atoms. The summed E-state index contributed by atoms with van der Waals surface area (Å²) in [4.78, 5) is 33.8. The summed E-state index contributed by atoms with van der Waals surface area (Å²) in [5, 5.41) is 6.14. The lowest BCUT2D eigenvalue weighted by atomic mass is 9.99. The molecule has 138 valence electrons. The average molecular weight is 355 g/mol. The summed E-state index contributed by atoms with van der Waals surface area (Å²) in [6, 6.07) is 1.83. The van der Waals surface area contributed by atoms with Crippen LogP contribution >= 0.6 is 0 Å². The number of aromatic nitrogens is 3. The van der Waals surface area contributed by atoms with Gasteiger partial charge in [0, 0.05) is 18.9 Å². The molecule has 1 atom stereocenters. The van der Waals surface area contributed by atoms with Gasteiger partial charge in [-0.15, -0.1) is 0 Å². The van der Waals surface area contributed by atoms with E-state index < -0.39 is 0 Å². The largest absolute Gasteiger partial charge is 0.346 e. The van der Waals surface area contributed by atoms with Crippen LogP contribution in [-0.4, -0.2) is 33.5 Å². The van der Waals surface area contributed by atoms with Crippen molar-refractivity contribution in [3.05, 3.63) is 57.5 Å². The van der Waals surface area contributed by atoms with Gasteiger partial charge in [0.05, 0.1) is 24.1 Å². The summed E-state index contributed by atoms with van der Waals surface area (Å²) >= 11 is 0. The van der Waals surface area contributed by atoms with E-state index in [4.69, 9.17) is 0 Å². The van der Waals surface area contributed by atoms with Crippen LogP contribution in [0.2, 0.25) is 0 Å². The Morgan fingerprint density at radius 1 is 1.35 bits per heavy atom. The molecule has 0 radical (unpaired) electrons. The highest BCUT2D eigenvalue weighted by atomic mass is 16.2. The predicted molar refractivity (Wildman–Crippen MR) is 99.0 cm³/mol. The third-order valence-corrected chi connectivity index (χ3v) is 4.72. The number of rotatable bonds is 5. The second-order valence-corrected chi connectivity index (χ2v) is 6.88. The molecule has 0 aromatic carbocycles. The fourth-order valence-corrected chi connectivity index (χ4v) is 3.21. The summed E-state index contributed by atoms with van der Waals surface area (Å²) in [5.74, 6) is 0.0499. The smallest absolute Gasteiger partial charge is 0.263 e. The third kappa shape index (κ3) is 4.35. The lowest BCUT2D eigenvalue weighted by Gasteiger charge is -2.23. The minimum absolute atomic E-state index is 0.205. The number of carbonyl (C=O) groups is 1. The fraction of sp³-hybridized carbons (Fsp3) is 0.474. The van der Waals surface area contributed by atoms with Crippen LogP contribution in [-0.2, 0) is 13.1 Å². The maximum atomic E-state index is 12.8. The van der Waals surface area contributed by atoms with Gasteiger partial charge in [-0.3, -0.25) is 19.6 Å². The van der Waals surface area contributed by atoms with Crippen LogP contribution in [0, 0.1) is 19.8 Å². The zero-order valence-electron chi connectivity index (χ0n) is 15.3. The van der Waals surface area contributed by atoms with Gasteiger partial charge in [-0.2, -0.15) is 0 Å². The summed E-state index contributed by atoms with van der Waals surface area (Å²) in [6.45, 7) is 6.46. The van der Waals surface area contributed by atoms with Crippen LogP contribution < -0.4 is 16.2 Å². The summed E-state index contributed by atoms with van der Waals surface area (Å²) < 4.78 is 1.66. The van der Waals surface area contributed by atoms with E-state index in [-0.39, 0.29) is 23.6 Å². The van der Waals surface area contributed by atoms with Crippen molar-refractivity contribution in [3.63, 3.8) is 0 Å². The molecule has 7 nitrogen and oxygen atoms in total. The van der Waals surface area contributed by atoms with E-state index in [9.17, 15) is 9.59 Å². The molecule has 26 heavy (non-hydrogen) atoms. The first kappa shape index (κ1) is 18.3. The Balaban J connectivity index is 1.73. The summed E-state index contributed by atoms with van der Waals surface area (Å²) in [6.07, 6.45) is 7.29. The van der Waals surface area contributed by atoms with Crippen LogP contribution in [0.5, 0.6) is 0 Å². The molecular formula is C19H25N5O2. The Kier molecular flexibility index (Phi) is 5.78. The molecular weight excluding hydrogens is 330 g/mol. The van der Waals surface area contributed by atoms with Gasteiger partial charge < -0.3 is 15.2 Å². The fourth-order valence-electron chi connectivity index (χ4n) is 3.21. The quantitative estimate of drug-likeness (QED) is 0.841. The molecule has 1 aliphatic heterocycles. The first-order chi connectivity index (χ1) is 12.5. The second-order valence-electron chi connectivity index (χ2n) is 6.88. The molecule has 7 heteroatoms. The molecule has 2 aromatic rings. The molecule has 1 amide bonds. The number of hydrogen-bond donors (Lipinski definition) is 2. The zero-order chi connectivity index (χ0) is 18.5. The average Bonchev–Trinajstić information content (AvgIpc) is 2.64. The molecule has 1 fully saturated rings. The van der Waals surface area contributed by atoms with Crippen molar-refractivity contribution in [2.45, 2.75) is 39.8 Å². The minimum atomic E-state index is -0.369. The van der Waals surface area contributed by atoms with Crippen LogP contribution in [0.1, 0.15) is 40.2 Å². The zero-order valence-corrected chi connectivity index (χ0v) is 15.3. The Labute approximate surface area is 152 Å². The second kappa shape index (κ2) is 8.23. The molecule has 3 rings (SSSR count). The van der Waals surface area contributed by atoms with Crippen molar-refractivity contribution < 1.29 is 4.79 Å². The third-order valence-electron chi connectivity index (χ3n) is 4.72. The highest BCUT2D eigenvalue weighted by molar-refractivity contribution is 5.95. The van der Waals surface area contributed by atoms with Gasteiger partial charge in [0.15, 0.2) is 0 Å². The monoisotopic (exact) mass is 355 g/mol. The number of hydrogen-bond acceptors (Lipinski definition) is 5. The molecule has 0 saturated carbocycles. The molecule has 3 heterocycles. The lowest BCUT2D eigenvalue weighted by Crippen LogP contribution is -2.37. The van der Waals surface area contributed by atoms with Crippen molar-refractivity contribution >= 4 is 5.91 Å². The minimum Gasteiger partial charge on any atom is -0.346 e. The van der Waals surface area contributed by atoms with Gasteiger partial charge in [-0.1, -0.05) is 0 Å². The van der Waals surface area contributed by atoms with Crippen LogP contribution in [0.25, 0.3) is 0 Å². The maximum absolute atomic E-state index is 12.8. The Morgan fingerprint density at radius 2 is 2.19 bits per heavy atom. The Hall–Kier alpha value is -2.54. The van der Waals surface area contributed by atoms with E-state index >= 15 is 0 Å². The maximum Gasteiger partial charge on any atom is 0.263 e. The summed E-state index contributed by atoms with van der Waals surface area (Å²) in [7, 11) is 0. The Bertz CT molecular complexity index is 823. The number of nitrogens with one attached hydrogen (secondary N) is 2.